The number of benzene rings is 1. The predicted molar refractivity (Wildman–Crippen MR) is 68.8 cm³/mol. The van der Waals surface area contributed by atoms with Gasteiger partial charge in [0, 0.05) is 12.1 Å². The van der Waals surface area contributed by atoms with Crippen LogP contribution < -0.4 is 5.73 Å². The maximum absolute atomic E-state index is 13.4. The molecule has 0 aromatic heterocycles. The molecular formula is C13H19FN2O2. The van der Waals surface area contributed by atoms with Gasteiger partial charge in [-0.3, -0.25) is 10.1 Å². The highest BCUT2D eigenvalue weighted by Gasteiger charge is 2.20. The van der Waals surface area contributed by atoms with E-state index in [2.05, 4.69) is 0 Å². The van der Waals surface area contributed by atoms with Gasteiger partial charge < -0.3 is 5.73 Å². The van der Waals surface area contributed by atoms with Gasteiger partial charge in [-0.05, 0) is 29.9 Å². The molecule has 0 amide bonds. The average molecular weight is 254 g/mol. The Morgan fingerprint density at radius 2 is 2.06 bits per heavy atom. The lowest BCUT2D eigenvalue weighted by Gasteiger charge is -2.26. The van der Waals surface area contributed by atoms with Gasteiger partial charge in [0.1, 0.15) is 0 Å². The lowest BCUT2D eigenvalue weighted by Crippen LogP contribution is -2.35. The summed E-state index contributed by atoms with van der Waals surface area (Å²) in [5.41, 5.74) is 6.26. The fraction of sp³-hybridized carbons (Fsp3) is 0.538. The van der Waals surface area contributed by atoms with E-state index in [0.717, 1.165) is 12.0 Å². The molecule has 0 aliphatic rings. The summed E-state index contributed by atoms with van der Waals surface area (Å²) in [7, 11) is 0. The number of nitro benzene ring substituents is 1. The molecule has 0 radical (unpaired) electrons. The van der Waals surface area contributed by atoms with Crippen LogP contribution in [-0.2, 0) is 6.42 Å². The van der Waals surface area contributed by atoms with Gasteiger partial charge in [0.05, 0.1) is 4.92 Å². The van der Waals surface area contributed by atoms with E-state index in [4.69, 9.17) is 5.73 Å². The monoisotopic (exact) mass is 254 g/mol. The lowest BCUT2D eigenvalue weighted by molar-refractivity contribution is -0.387. The van der Waals surface area contributed by atoms with E-state index in [1.165, 1.54) is 12.1 Å². The molecule has 2 N–H and O–H groups in total. The van der Waals surface area contributed by atoms with Gasteiger partial charge in [0.15, 0.2) is 0 Å². The van der Waals surface area contributed by atoms with Gasteiger partial charge in [-0.1, -0.05) is 26.8 Å². The average Bonchev–Trinajstić information content (AvgIpc) is 2.24. The summed E-state index contributed by atoms with van der Waals surface area (Å²) in [6.45, 7) is 6.15. The molecule has 0 spiro atoms. The molecule has 0 saturated carbocycles. The van der Waals surface area contributed by atoms with Crippen molar-refractivity contribution < 1.29 is 9.31 Å². The SMILES string of the molecule is CC(C)(C)C(N)CCc1ccc([N+](=O)[O-])c(F)c1. The number of halogens is 1. The molecule has 0 bridgehead atoms. The van der Waals surface area contributed by atoms with Gasteiger partial charge in [-0.25, -0.2) is 0 Å². The van der Waals surface area contributed by atoms with Crippen LogP contribution in [0, 0.1) is 21.3 Å². The largest absolute Gasteiger partial charge is 0.327 e. The fourth-order valence-corrected chi connectivity index (χ4v) is 1.61. The third-order valence-corrected chi connectivity index (χ3v) is 3.07. The summed E-state index contributed by atoms with van der Waals surface area (Å²) in [4.78, 5) is 9.75. The second kappa shape index (κ2) is 5.44. The van der Waals surface area contributed by atoms with Crippen LogP contribution in [-0.4, -0.2) is 11.0 Å². The van der Waals surface area contributed by atoms with E-state index >= 15 is 0 Å². The highest BCUT2D eigenvalue weighted by Crippen LogP contribution is 2.23. The Labute approximate surface area is 106 Å². The first kappa shape index (κ1) is 14.6. The van der Waals surface area contributed by atoms with Crippen molar-refractivity contribution in [3.8, 4) is 0 Å². The number of rotatable bonds is 4. The Hall–Kier alpha value is -1.49. The van der Waals surface area contributed by atoms with Crippen molar-refractivity contribution in [3.63, 3.8) is 0 Å². The molecule has 0 saturated heterocycles. The Kier molecular flexibility index (Phi) is 4.40. The molecule has 0 fully saturated rings. The first-order chi connectivity index (χ1) is 8.21. The maximum Gasteiger partial charge on any atom is 0.304 e. The van der Waals surface area contributed by atoms with E-state index in [0.29, 0.717) is 6.42 Å². The molecule has 0 heterocycles. The molecule has 0 aliphatic heterocycles. The Balaban J connectivity index is 2.70. The molecule has 1 aromatic rings. The number of aryl methyl sites for hydroxylation is 1. The molecule has 100 valence electrons. The maximum atomic E-state index is 13.4. The quantitative estimate of drug-likeness (QED) is 0.663. The predicted octanol–water partition coefficient (Wildman–Crippen LogP) is 3.04. The summed E-state index contributed by atoms with van der Waals surface area (Å²) in [5, 5.41) is 10.5. The normalized spacial score (nSPS) is 13.4. The third-order valence-electron chi connectivity index (χ3n) is 3.07. The van der Waals surface area contributed by atoms with Gasteiger partial charge >= 0.3 is 5.69 Å². The minimum atomic E-state index is -0.790. The smallest absolute Gasteiger partial charge is 0.304 e. The van der Waals surface area contributed by atoms with Crippen molar-refractivity contribution in [2.45, 2.75) is 39.7 Å². The molecule has 1 unspecified atom stereocenters. The highest BCUT2D eigenvalue weighted by molar-refractivity contribution is 5.35. The first-order valence-corrected chi connectivity index (χ1v) is 5.90. The van der Waals surface area contributed by atoms with Crippen LogP contribution in [0.25, 0.3) is 0 Å². The van der Waals surface area contributed by atoms with Crippen molar-refractivity contribution in [3.05, 3.63) is 39.7 Å². The van der Waals surface area contributed by atoms with E-state index in [9.17, 15) is 14.5 Å². The lowest BCUT2D eigenvalue weighted by atomic mass is 9.84. The molecule has 5 heteroatoms. The van der Waals surface area contributed by atoms with E-state index in [1.54, 1.807) is 6.07 Å². The summed E-state index contributed by atoms with van der Waals surface area (Å²) in [6, 6.07) is 4.01. The van der Waals surface area contributed by atoms with Gasteiger partial charge in [0.2, 0.25) is 5.82 Å². The number of hydrogen-bond donors (Lipinski definition) is 1. The Bertz CT molecular complexity index is 441. The molecule has 0 aliphatic carbocycles. The first-order valence-electron chi connectivity index (χ1n) is 5.90. The van der Waals surface area contributed by atoms with Crippen LogP contribution in [0.4, 0.5) is 10.1 Å². The zero-order valence-electron chi connectivity index (χ0n) is 10.9. The molecule has 1 rings (SSSR count). The number of nitrogens with two attached hydrogens (primary N) is 1. The molecular weight excluding hydrogens is 235 g/mol. The van der Waals surface area contributed by atoms with E-state index in [-0.39, 0.29) is 11.5 Å². The van der Waals surface area contributed by atoms with Crippen molar-refractivity contribution >= 4 is 5.69 Å². The zero-order valence-corrected chi connectivity index (χ0v) is 10.9. The van der Waals surface area contributed by atoms with Gasteiger partial charge in [-0.15, -0.1) is 0 Å². The standard InChI is InChI=1S/C13H19FN2O2/c1-13(2,3)12(15)7-5-9-4-6-11(16(17)18)10(14)8-9/h4,6,8,12H,5,7,15H2,1-3H3. The van der Waals surface area contributed by atoms with Crippen LogP contribution in [0.15, 0.2) is 18.2 Å². The Morgan fingerprint density at radius 1 is 1.44 bits per heavy atom. The zero-order chi connectivity index (χ0) is 13.9. The molecule has 4 nitrogen and oxygen atoms in total. The summed E-state index contributed by atoms with van der Waals surface area (Å²) in [5.74, 6) is -0.790. The Morgan fingerprint density at radius 3 is 2.50 bits per heavy atom. The van der Waals surface area contributed by atoms with E-state index < -0.39 is 16.4 Å². The topological polar surface area (TPSA) is 69.2 Å². The van der Waals surface area contributed by atoms with Gasteiger partial charge in [-0.2, -0.15) is 4.39 Å². The summed E-state index contributed by atoms with van der Waals surface area (Å²) >= 11 is 0. The van der Waals surface area contributed by atoms with Crippen molar-refractivity contribution in [1.82, 2.24) is 0 Å². The van der Waals surface area contributed by atoms with Crippen LogP contribution in [0.5, 0.6) is 0 Å². The van der Waals surface area contributed by atoms with Crippen molar-refractivity contribution in [2.24, 2.45) is 11.1 Å². The van der Waals surface area contributed by atoms with Crippen molar-refractivity contribution in [2.75, 3.05) is 0 Å². The summed E-state index contributed by atoms with van der Waals surface area (Å²) in [6.07, 6.45) is 1.34. The number of hydrogen-bond acceptors (Lipinski definition) is 3. The fourth-order valence-electron chi connectivity index (χ4n) is 1.61. The molecule has 18 heavy (non-hydrogen) atoms. The second-order valence-electron chi connectivity index (χ2n) is 5.55. The van der Waals surface area contributed by atoms with Crippen LogP contribution in [0.2, 0.25) is 0 Å². The van der Waals surface area contributed by atoms with Crippen LogP contribution >= 0.6 is 0 Å². The van der Waals surface area contributed by atoms with Crippen molar-refractivity contribution in [1.29, 1.82) is 0 Å². The molecule has 1 atom stereocenters. The molecule has 1 aromatic carbocycles. The number of nitrogens with zero attached hydrogens (tertiary/aromatic N) is 1. The second-order valence-corrected chi connectivity index (χ2v) is 5.55. The van der Waals surface area contributed by atoms with Gasteiger partial charge in [0.25, 0.3) is 0 Å². The van der Waals surface area contributed by atoms with Crippen LogP contribution in [0.3, 0.4) is 0 Å². The highest BCUT2D eigenvalue weighted by atomic mass is 19.1. The van der Waals surface area contributed by atoms with E-state index in [1.807, 2.05) is 20.8 Å². The number of nitro groups is 1. The third kappa shape index (κ3) is 3.77. The minimum absolute atomic E-state index is 0.000673. The minimum Gasteiger partial charge on any atom is -0.327 e. The summed E-state index contributed by atoms with van der Waals surface area (Å²) < 4.78 is 13.4. The van der Waals surface area contributed by atoms with Crippen LogP contribution in [0.1, 0.15) is 32.8 Å².